The van der Waals surface area contributed by atoms with Crippen LogP contribution in [0.5, 0.6) is 5.75 Å². The molecule has 32 heavy (non-hydrogen) atoms. The first-order valence-corrected chi connectivity index (χ1v) is 12.0. The number of Topliss-reactive ketones (excluding diaryl/α,β-unsaturated/α-hetero) is 1. The molecule has 1 fully saturated rings. The van der Waals surface area contributed by atoms with E-state index in [4.69, 9.17) is 4.74 Å². The molecule has 1 saturated heterocycles. The van der Waals surface area contributed by atoms with E-state index in [1.807, 2.05) is 18.2 Å². The standard InChI is InChI=1S/C23H23N3O5S/c1-31-19-9-7-16(8-10-19)21-13-20(25-26(21)18-11-12-32(29,30)15-18)23(28)24-14-22(27)17-5-3-2-4-6-17/h2-10,13,18H,11-12,14-15H2,1H3,(H,24,28). The minimum absolute atomic E-state index is 0.0224. The van der Waals surface area contributed by atoms with Crippen LogP contribution in [0.2, 0.25) is 0 Å². The molecule has 0 aliphatic carbocycles. The van der Waals surface area contributed by atoms with Crippen LogP contribution in [0.25, 0.3) is 11.3 Å². The van der Waals surface area contributed by atoms with Crippen LogP contribution in [0.4, 0.5) is 0 Å². The molecule has 8 nitrogen and oxygen atoms in total. The number of ketones is 1. The van der Waals surface area contributed by atoms with Crippen LogP contribution in [0.3, 0.4) is 0 Å². The maximum absolute atomic E-state index is 12.7. The van der Waals surface area contributed by atoms with Crippen molar-refractivity contribution in [2.24, 2.45) is 0 Å². The Morgan fingerprint density at radius 1 is 1.12 bits per heavy atom. The molecule has 1 aliphatic rings. The third-order valence-corrected chi connectivity index (χ3v) is 7.16. The second-order valence-electron chi connectivity index (χ2n) is 7.62. The summed E-state index contributed by atoms with van der Waals surface area (Å²) in [6.45, 7) is -0.161. The normalized spacial score (nSPS) is 17.1. The summed E-state index contributed by atoms with van der Waals surface area (Å²) in [4.78, 5) is 25.0. The Kier molecular flexibility index (Phi) is 6.09. The summed E-state index contributed by atoms with van der Waals surface area (Å²) in [5.41, 5.74) is 2.05. The van der Waals surface area contributed by atoms with E-state index in [9.17, 15) is 18.0 Å². The third kappa shape index (κ3) is 4.72. The largest absolute Gasteiger partial charge is 0.497 e. The number of amides is 1. The van der Waals surface area contributed by atoms with Gasteiger partial charge in [0.15, 0.2) is 21.3 Å². The molecule has 4 rings (SSSR count). The molecule has 3 aromatic rings. The van der Waals surface area contributed by atoms with Gasteiger partial charge in [-0.2, -0.15) is 5.10 Å². The van der Waals surface area contributed by atoms with E-state index in [1.165, 1.54) is 0 Å². The Hall–Kier alpha value is -3.46. The zero-order valence-electron chi connectivity index (χ0n) is 17.5. The fourth-order valence-electron chi connectivity index (χ4n) is 3.71. The highest BCUT2D eigenvalue weighted by Gasteiger charge is 2.32. The number of benzene rings is 2. The second-order valence-corrected chi connectivity index (χ2v) is 9.85. The van der Waals surface area contributed by atoms with E-state index in [1.54, 1.807) is 54.3 Å². The van der Waals surface area contributed by atoms with Gasteiger partial charge in [0.05, 0.1) is 36.9 Å². The Labute approximate surface area is 186 Å². The molecule has 2 heterocycles. The number of ether oxygens (including phenoxy) is 1. The van der Waals surface area contributed by atoms with Crippen molar-refractivity contribution in [1.82, 2.24) is 15.1 Å². The maximum Gasteiger partial charge on any atom is 0.272 e. The molecule has 166 valence electrons. The molecular weight excluding hydrogens is 430 g/mol. The molecule has 9 heteroatoms. The lowest BCUT2D eigenvalue weighted by molar-refractivity contribution is 0.0900. The molecule has 0 bridgehead atoms. The van der Waals surface area contributed by atoms with Crippen molar-refractivity contribution in [1.29, 1.82) is 0 Å². The SMILES string of the molecule is COc1ccc(-c2cc(C(=O)NCC(=O)c3ccccc3)nn2C2CCS(=O)(=O)C2)cc1. The highest BCUT2D eigenvalue weighted by atomic mass is 32.2. The van der Waals surface area contributed by atoms with E-state index >= 15 is 0 Å². The van der Waals surface area contributed by atoms with E-state index in [0.29, 0.717) is 23.4 Å². The number of sulfone groups is 1. The molecule has 1 aromatic heterocycles. The zero-order chi connectivity index (χ0) is 22.7. The van der Waals surface area contributed by atoms with Crippen molar-refractivity contribution >= 4 is 21.5 Å². The summed E-state index contributed by atoms with van der Waals surface area (Å²) in [6.07, 6.45) is 0.431. The number of hydrogen-bond acceptors (Lipinski definition) is 6. The molecule has 0 radical (unpaired) electrons. The number of aromatic nitrogens is 2. The van der Waals surface area contributed by atoms with Gasteiger partial charge in [-0.25, -0.2) is 8.42 Å². The molecule has 1 unspecified atom stereocenters. The number of nitrogens with one attached hydrogen (secondary N) is 1. The Morgan fingerprint density at radius 2 is 1.84 bits per heavy atom. The summed E-state index contributed by atoms with van der Waals surface area (Å²) < 4.78 is 30.9. The monoisotopic (exact) mass is 453 g/mol. The predicted octanol–water partition coefficient (Wildman–Crippen LogP) is 2.53. The van der Waals surface area contributed by atoms with Crippen LogP contribution in [0.15, 0.2) is 60.7 Å². The van der Waals surface area contributed by atoms with E-state index < -0.39 is 15.7 Å². The Balaban J connectivity index is 1.59. The quantitative estimate of drug-likeness (QED) is 0.551. The molecule has 0 saturated carbocycles. The van der Waals surface area contributed by atoms with Gasteiger partial charge in [0.25, 0.3) is 5.91 Å². The van der Waals surface area contributed by atoms with Crippen LogP contribution in [0, 0.1) is 0 Å². The van der Waals surface area contributed by atoms with Gasteiger partial charge in [-0.3, -0.25) is 14.3 Å². The summed E-state index contributed by atoms with van der Waals surface area (Å²) in [7, 11) is -1.57. The molecule has 1 N–H and O–H groups in total. The smallest absolute Gasteiger partial charge is 0.272 e. The number of rotatable bonds is 7. The van der Waals surface area contributed by atoms with Crippen molar-refractivity contribution in [2.45, 2.75) is 12.5 Å². The van der Waals surface area contributed by atoms with Crippen molar-refractivity contribution < 1.29 is 22.7 Å². The minimum Gasteiger partial charge on any atom is -0.497 e. The van der Waals surface area contributed by atoms with Crippen LogP contribution in [0.1, 0.15) is 33.3 Å². The average Bonchev–Trinajstić information content (AvgIpc) is 3.41. The summed E-state index contributed by atoms with van der Waals surface area (Å²) in [6, 6.07) is 17.2. The van der Waals surface area contributed by atoms with Crippen molar-refractivity contribution in [2.75, 3.05) is 25.2 Å². The average molecular weight is 454 g/mol. The molecule has 0 spiro atoms. The Bertz CT molecular complexity index is 1230. The van der Waals surface area contributed by atoms with Crippen LogP contribution >= 0.6 is 0 Å². The molecule has 1 aliphatic heterocycles. The van der Waals surface area contributed by atoms with Crippen molar-refractivity contribution in [3.63, 3.8) is 0 Å². The summed E-state index contributed by atoms with van der Waals surface area (Å²) >= 11 is 0. The second kappa shape index (κ2) is 8.96. The van der Waals surface area contributed by atoms with Gasteiger partial charge in [-0.1, -0.05) is 30.3 Å². The lowest BCUT2D eigenvalue weighted by Crippen LogP contribution is -2.30. The first kappa shape index (κ1) is 21.8. The summed E-state index contributed by atoms with van der Waals surface area (Å²) in [5.74, 6) is 0.0397. The van der Waals surface area contributed by atoms with E-state index in [2.05, 4.69) is 10.4 Å². The van der Waals surface area contributed by atoms with Gasteiger partial charge in [0, 0.05) is 11.1 Å². The maximum atomic E-state index is 12.7. The van der Waals surface area contributed by atoms with Gasteiger partial charge in [0.1, 0.15) is 5.75 Å². The lowest BCUT2D eigenvalue weighted by atomic mass is 10.1. The van der Waals surface area contributed by atoms with Gasteiger partial charge in [0.2, 0.25) is 0 Å². The first-order chi connectivity index (χ1) is 15.4. The minimum atomic E-state index is -3.14. The highest BCUT2D eigenvalue weighted by molar-refractivity contribution is 7.91. The van der Waals surface area contributed by atoms with Crippen LogP contribution in [-0.2, 0) is 9.84 Å². The predicted molar refractivity (Wildman–Crippen MR) is 120 cm³/mol. The molecular formula is C23H23N3O5S. The van der Waals surface area contributed by atoms with Gasteiger partial charge in [-0.15, -0.1) is 0 Å². The number of nitrogens with zero attached hydrogens (tertiary/aromatic N) is 2. The third-order valence-electron chi connectivity index (χ3n) is 5.41. The fraction of sp³-hybridized carbons (Fsp3) is 0.261. The van der Waals surface area contributed by atoms with E-state index in [-0.39, 0.29) is 35.6 Å². The van der Waals surface area contributed by atoms with E-state index in [0.717, 1.165) is 5.56 Å². The topological polar surface area (TPSA) is 107 Å². The number of methoxy groups -OCH3 is 1. The van der Waals surface area contributed by atoms with Crippen LogP contribution in [-0.4, -0.2) is 55.0 Å². The van der Waals surface area contributed by atoms with Gasteiger partial charge < -0.3 is 10.1 Å². The fourth-order valence-corrected chi connectivity index (χ4v) is 5.40. The molecule has 2 aromatic carbocycles. The van der Waals surface area contributed by atoms with Crippen LogP contribution < -0.4 is 10.1 Å². The van der Waals surface area contributed by atoms with Crippen molar-refractivity contribution in [3.05, 3.63) is 71.9 Å². The summed E-state index contributed by atoms with van der Waals surface area (Å²) in [5, 5.41) is 7.04. The molecule has 1 atom stereocenters. The van der Waals surface area contributed by atoms with Gasteiger partial charge >= 0.3 is 0 Å². The first-order valence-electron chi connectivity index (χ1n) is 10.2. The lowest BCUT2D eigenvalue weighted by Gasteiger charge is -2.13. The van der Waals surface area contributed by atoms with Crippen molar-refractivity contribution in [3.8, 4) is 17.0 Å². The Morgan fingerprint density at radius 3 is 2.47 bits per heavy atom. The number of carbonyl (C=O) groups excluding carboxylic acids is 2. The zero-order valence-corrected chi connectivity index (χ0v) is 18.3. The number of carbonyl (C=O) groups is 2. The van der Waals surface area contributed by atoms with Gasteiger partial charge in [-0.05, 0) is 36.8 Å². The molecule has 1 amide bonds. The highest BCUT2D eigenvalue weighted by Crippen LogP contribution is 2.31. The number of hydrogen-bond donors (Lipinski definition) is 1.